The summed E-state index contributed by atoms with van der Waals surface area (Å²) in [4.78, 5) is 26.3. The molecule has 1 aromatic rings. The molecule has 2 unspecified atom stereocenters. The van der Waals surface area contributed by atoms with Crippen LogP contribution in [-0.4, -0.2) is 39.0 Å². The van der Waals surface area contributed by atoms with Crippen LogP contribution in [0.1, 0.15) is 57.1 Å². The summed E-state index contributed by atoms with van der Waals surface area (Å²) in [5.41, 5.74) is 0.992. The third-order valence-corrected chi connectivity index (χ3v) is 4.59. The summed E-state index contributed by atoms with van der Waals surface area (Å²) in [7, 11) is 0. The monoisotopic (exact) mass is 290 g/mol. The molecule has 1 aromatic heterocycles. The fraction of sp³-hybridized carbons (Fsp3) is 0.667. The van der Waals surface area contributed by atoms with Crippen LogP contribution in [0.25, 0.3) is 0 Å². The Morgan fingerprint density at radius 2 is 2.10 bits per heavy atom. The number of carbonyl (C=O) groups is 2. The van der Waals surface area contributed by atoms with Gasteiger partial charge in [0.2, 0.25) is 11.8 Å². The number of nitrogens with one attached hydrogen (secondary N) is 2. The molecule has 2 fully saturated rings. The van der Waals surface area contributed by atoms with Crippen molar-refractivity contribution in [2.45, 2.75) is 63.6 Å². The summed E-state index contributed by atoms with van der Waals surface area (Å²) < 4.78 is 0. The molecule has 0 spiro atoms. The van der Waals surface area contributed by atoms with Crippen LogP contribution in [0.2, 0.25) is 0 Å². The van der Waals surface area contributed by atoms with Crippen molar-refractivity contribution in [2.75, 3.05) is 0 Å². The molecular weight excluding hydrogens is 268 g/mol. The van der Waals surface area contributed by atoms with Gasteiger partial charge in [0.05, 0.1) is 18.7 Å². The molecule has 1 saturated heterocycles. The summed E-state index contributed by atoms with van der Waals surface area (Å²) in [6, 6.07) is -0.282. The Kier molecular flexibility index (Phi) is 4.05. The number of imide groups is 1. The Morgan fingerprint density at radius 1 is 1.33 bits per heavy atom. The van der Waals surface area contributed by atoms with Gasteiger partial charge in [-0.2, -0.15) is 5.10 Å². The minimum atomic E-state index is -0.399. The van der Waals surface area contributed by atoms with Crippen LogP contribution in [0, 0.1) is 0 Å². The number of nitrogens with zero attached hydrogens (tertiary/aromatic N) is 2. The van der Waals surface area contributed by atoms with Gasteiger partial charge in [-0.1, -0.05) is 19.3 Å². The molecule has 2 aliphatic rings. The molecule has 0 radical (unpaired) electrons. The van der Waals surface area contributed by atoms with E-state index in [1.807, 2.05) is 6.92 Å². The van der Waals surface area contributed by atoms with Gasteiger partial charge in [0.25, 0.3) is 0 Å². The second kappa shape index (κ2) is 5.97. The lowest BCUT2D eigenvalue weighted by atomic mass is 9.94. The lowest BCUT2D eigenvalue weighted by Crippen LogP contribution is -2.45. The van der Waals surface area contributed by atoms with E-state index in [9.17, 15) is 9.59 Å². The lowest BCUT2D eigenvalue weighted by Gasteiger charge is -2.30. The van der Waals surface area contributed by atoms with Crippen molar-refractivity contribution in [3.8, 4) is 0 Å². The SMILES string of the molecule is CC(NC1CC(=O)N(C2CCCCC2)C1=O)c1cn[nH]c1. The molecule has 6 nitrogen and oxygen atoms in total. The van der Waals surface area contributed by atoms with E-state index in [0.717, 1.165) is 31.2 Å². The average Bonchev–Trinajstić information content (AvgIpc) is 3.09. The highest BCUT2D eigenvalue weighted by Gasteiger charge is 2.42. The first kappa shape index (κ1) is 14.3. The molecule has 2 heterocycles. The summed E-state index contributed by atoms with van der Waals surface area (Å²) in [6.07, 6.45) is 9.18. The van der Waals surface area contributed by atoms with Gasteiger partial charge < -0.3 is 0 Å². The first-order valence-electron chi connectivity index (χ1n) is 7.77. The highest BCUT2D eigenvalue weighted by atomic mass is 16.2. The lowest BCUT2D eigenvalue weighted by molar-refractivity contribution is -0.142. The van der Waals surface area contributed by atoms with Crippen molar-refractivity contribution in [1.82, 2.24) is 20.4 Å². The summed E-state index contributed by atoms with van der Waals surface area (Å²) in [6.45, 7) is 1.98. The maximum absolute atomic E-state index is 12.5. The van der Waals surface area contributed by atoms with Gasteiger partial charge in [-0.25, -0.2) is 0 Å². The minimum absolute atomic E-state index is 0.00296. The van der Waals surface area contributed by atoms with E-state index >= 15 is 0 Å². The maximum Gasteiger partial charge on any atom is 0.247 e. The molecule has 3 rings (SSSR count). The van der Waals surface area contributed by atoms with Crippen LogP contribution in [0.4, 0.5) is 0 Å². The van der Waals surface area contributed by atoms with Crippen molar-refractivity contribution in [2.24, 2.45) is 0 Å². The number of hydrogen-bond acceptors (Lipinski definition) is 4. The summed E-state index contributed by atoms with van der Waals surface area (Å²) in [5.74, 6) is -0.0777. The van der Waals surface area contributed by atoms with Crippen molar-refractivity contribution >= 4 is 11.8 Å². The topological polar surface area (TPSA) is 78.1 Å². The van der Waals surface area contributed by atoms with E-state index < -0.39 is 6.04 Å². The van der Waals surface area contributed by atoms with Crippen LogP contribution in [0.3, 0.4) is 0 Å². The quantitative estimate of drug-likeness (QED) is 0.824. The van der Waals surface area contributed by atoms with Crippen LogP contribution < -0.4 is 5.32 Å². The molecule has 2 amide bonds. The molecule has 1 aliphatic carbocycles. The molecule has 2 atom stereocenters. The molecule has 21 heavy (non-hydrogen) atoms. The van der Waals surface area contributed by atoms with Crippen LogP contribution in [0.15, 0.2) is 12.4 Å². The Balaban J connectivity index is 1.65. The van der Waals surface area contributed by atoms with E-state index in [1.54, 1.807) is 12.4 Å². The fourth-order valence-electron chi connectivity index (χ4n) is 3.40. The zero-order valence-electron chi connectivity index (χ0n) is 12.3. The zero-order chi connectivity index (χ0) is 14.8. The fourth-order valence-corrected chi connectivity index (χ4v) is 3.40. The maximum atomic E-state index is 12.5. The van der Waals surface area contributed by atoms with Crippen LogP contribution in [0.5, 0.6) is 0 Å². The Morgan fingerprint density at radius 3 is 2.76 bits per heavy atom. The van der Waals surface area contributed by atoms with E-state index in [0.29, 0.717) is 0 Å². The van der Waals surface area contributed by atoms with Crippen molar-refractivity contribution in [1.29, 1.82) is 0 Å². The van der Waals surface area contributed by atoms with Gasteiger partial charge >= 0.3 is 0 Å². The van der Waals surface area contributed by atoms with Gasteiger partial charge in [0, 0.05) is 23.8 Å². The molecule has 0 aromatic carbocycles. The van der Waals surface area contributed by atoms with Crippen LogP contribution in [-0.2, 0) is 9.59 Å². The molecule has 6 heteroatoms. The Labute approximate surface area is 124 Å². The molecule has 0 bridgehead atoms. The largest absolute Gasteiger partial charge is 0.299 e. The molecule has 114 valence electrons. The second-order valence-electron chi connectivity index (χ2n) is 6.07. The van der Waals surface area contributed by atoms with Gasteiger partial charge in [0.1, 0.15) is 0 Å². The van der Waals surface area contributed by atoms with Crippen LogP contribution >= 0.6 is 0 Å². The molecule has 1 saturated carbocycles. The minimum Gasteiger partial charge on any atom is -0.299 e. The summed E-state index contributed by atoms with van der Waals surface area (Å²) >= 11 is 0. The van der Waals surface area contributed by atoms with E-state index in [-0.39, 0.29) is 30.3 Å². The van der Waals surface area contributed by atoms with Gasteiger partial charge in [0.15, 0.2) is 0 Å². The predicted octanol–water partition coefficient (Wildman–Crippen LogP) is 1.52. The predicted molar refractivity (Wildman–Crippen MR) is 77.3 cm³/mol. The number of hydrogen-bond donors (Lipinski definition) is 2. The average molecular weight is 290 g/mol. The number of aromatic amines is 1. The highest BCUT2D eigenvalue weighted by molar-refractivity contribution is 6.05. The van der Waals surface area contributed by atoms with E-state index in [2.05, 4.69) is 15.5 Å². The Hall–Kier alpha value is -1.69. The van der Waals surface area contributed by atoms with E-state index in [4.69, 9.17) is 0 Å². The molecule has 2 N–H and O–H groups in total. The summed E-state index contributed by atoms with van der Waals surface area (Å²) in [5, 5.41) is 9.94. The normalized spacial score (nSPS) is 25.6. The second-order valence-corrected chi connectivity index (χ2v) is 6.07. The number of amides is 2. The number of H-pyrrole nitrogens is 1. The standard InChI is InChI=1S/C15H22N4O2/c1-10(11-8-16-17-9-11)18-13-7-14(20)19(15(13)21)12-5-3-2-4-6-12/h8-10,12-13,18H,2-7H2,1H3,(H,16,17). The van der Waals surface area contributed by atoms with Crippen molar-refractivity contribution in [3.05, 3.63) is 18.0 Å². The van der Waals surface area contributed by atoms with Crippen molar-refractivity contribution in [3.63, 3.8) is 0 Å². The Bertz CT molecular complexity index is 508. The number of carbonyl (C=O) groups excluding carboxylic acids is 2. The highest BCUT2D eigenvalue weighted by Crippen LogP contribution is 2.28. The van der Waals surface area contributed by atoms with Gasteiger partial charge in [-0.05, 0) is 19.8 Å². The first-order chi connectivity index (χ1) is 10.2. The number of likely N-dealkylation sites (tertiary alicyclic amines) is 1. The molecular formula is C15H22N4O2. The van der Waals surface area contributed by atoms with Gasteiger partial charge in [-0.15, -0.1) is 0 Å². The molecule has 1 aliphatic heterocycles. The number of aromatic nitrogens is 2. The smallest absolute Gasteiger partial charge is 0.247 e. The van der Waals surface area contributed by atoms with Gasteiger partial charge in [-0.3, -0.25) is 24.9 Å². The van der Waals surface area contributed by atoms with E-state index in [1.165, 1.54) is 11.3 Å². The van der Waals surface area contributed by atoms with Crippen molar-refractivity contribution < 1.29 is 9.59 Å². The third kappa shape index (κ3) is 2.85. The first-order valence-corrected chi connectivity index (χ1v) is 7.77. The third-order valence-electron chi connectivity index (χ3n) is 4.59. The zero-order valence-corrected chi connectivity index (χ0v) is 12.3. The number of rotatable bonds is 4.